The van der Waals surface area contributed by atoms with Crippen LogP contribution in [0, 0.1) is 18.7 Å². The van der Waals surface area contributed by atoms with Crippen LogP contribution >= 0.6 is 0 Å². The Hall–Kier alpha value is -4.14. The van der Waals surface area contributed by atoms with Crippen LogP contribution in [0.15, 0.2) is 61.6 Å². The summed E-state index contributed by atoms with van der Waals surface area (Å²) in [5, 5.41) is 6.21. The number of hydrogen-bond donors (Lipinski definition) is 2. The first kappa shape index (κ1) is 19.2. The lowest BCUT2D eigenvalue weighted by atomic mass is 10.2. The van der Waals surface area contributed by atoms with E-state index in [0.717, 1.165) is 17.1 Å². The van der Waals surface area contributed by atoms with Gasteiger partial charge in [-0.15, -0.1) is 0 Å². The van der Waals surface area contributed by atoms with E-state index in [4.69, 9.17) is 0 Å². The molecule has 0 saturated heterocycles. The molecular formula is C21H16F2N6O. The van der Waals surface area contributed by atoms with Crippen molar-refractivity contribution in [3.63, 3.8) is 0 Å². The van der Waals surface area contributed by atoms with E-state index >= 15 is 0 Å². The minimum absolute atomic E-state index is 0.00206. The number of aryl methyl sites for hydroxylation is 1. The molecule has 4 aromatic rings. The number of carbonyl (C=O) groups excluding carboxylic acids is 1. The van der Waals surface area contributed by atoms with Gasteiger partial charge in [0.05, 0.1) is 17.4 Å². The Bertz CT molecular complexity index is 1280. The lowest BCUT2D eigenvalue weighted by Gasteiger charge is -2.10. The first-order valence-electron chi connectivity index (χ1n) is 8.92. The van der Waals surface area contributed by atoms with Crippen molar-refractivity contribution in [3.8, 4) is 5.82 Å². The first-order chi connectivity index (χ1) is 14.5. The van der Waals surface area contributed by atoms with Gasteiger partial charge in [-0.1, -0.05) is 6.58 Å². The molecule has 0 aliphatic heterocycles. The second kappa shape index (κ2) is 7.70. The van der Waals surface area contributed by atoms with Crippen molar-refractivity contribution in [1.29, 1.82) is 0 Å². The number of carbonyl (C=O) groups is 1. The molecule has 0 fully saturated rings. The number of aromatic nitrogens is 4. The van der Waals surface area contributed by atoms with Crippen LogP contribution in [0.25, 0.3) is 16.7 Å². The molecule has 30 heavy (non-hydrogen) atoms. The van der Waals surface area contributed by atoms with Crippen molar-refractivity contribution >= 4 is 34.1 Å². The van der Waals surface area contributed by atoms with Crippen LogP contribution in [0.3, 0.4) is 0 Å². The highest BCUT2D eigenvalue weighted by Crippen LogP contribution is 2.28. The molecule has 1 amide bonds. The summed E-state index contributed by atoms with van der Waals surface area (Å²) in [5.74, 6) is -1.67. The van der Waals surface area contributed by atoms with Gasteiger partial charge in [-0.25, -0.2) is 14.4 Å². The monoisotopic (exact) mass is 406 g/mol. The third-order valence-electron chi connectivity index (χ3n) is 4.42. The molecule has 4 rings (SSSR count). The van der Waals surface area contributed by atoms with Gasteiger partial charge in [-0.3, -0.25) is 9.36 Å². The molecule has 0 aliphatic carbocycles. The van der Waals surface area contributed by atoms with E-state index in [2.05, 4.69) is 32.2 Å². The molecule has 9 heteroatoms. The van der Waals surface area contributed by atoms with Crippen molar-refractivity contribution in [2.75, 3.05) is 10.6 Å². The lowest BCUT2D eigenvalue weighted by molar-refractivity contribution is -0.111. The summed E-state index contributed by atoms with van der Waals surface area (Å²) < 4.78 is 30.0. The van der Waals surface area contributed by atoms with Crippen LogP contribution in [0.1, 0.15) is 5.56 Å². The van der Waals surface area contributed by atoms with E-state index in [1.54, 1.807) is 35.0 Å². The zero-order valence-electron chi connectivity index (χ0n) is 15.9. The number of nitrogens with zero attached hydrogens (tertiary/aromatic N) is 4. The molecule has 7 nitrogen and oxygen atoms in total. The average Bonchev–Trinajstić information content (AvgIpc) is 3.07. The molecular weight excluding hydrogens is 390 g/mol. The Balaban J connectivity index is 1.75. The average molecular weight is 406 g/mol. The number of pyridine rings is 1. The molecule has 0 aliphatic rings. The summed E-state index contributed by atoms with van der Waals surface area (Å²) in [6, 6.07) is 8.26. The Morgan fingerprint density at radius 2 is 2.07 bits per heavy atom. The standard InChI is InChI=1S/C21H16F2N6O/c1-3-18(30)26-13-6-7-17-14(9-13)12(2)11-29(17)20-15(22)10-25-21(28-20)27-16-5-4-8-24-19(16)23/h3-11H,1H2,2H3,(H,26,30)(H,25,27,28). The number of benzene rings is 1. The van der Waals surface area contributed by atoms with Gasteiger partial charge in [-0.2, -0.15) is 9.37 Å². The van der Waals surface area contributed by atoms with Gasteiger partial charge in [0.25, 0.3) is 0 Å². The molecule has 0 saturated carbocycles. The topological polar surface area (TPSA) is 84.7 Å². The van der Waals surface area contributed by atoms with E-state index < -0.39 is 11.8 Å². The fraction of sp³-hybridized carbons (Fsp3) is 0.0476. The maximum Gasteiger partial charge on any atom is 0.247 e. The number of rotatable bonds is 5. The van der Waals surface area contributed by atoms with Crippen molar-refractivity contribution < 1.29 is 13.6 Å². The van der Waals surface area contributed by atoms with E-state index in [1.165, 1.54) is 18.3 Å². The number of fused-ring (bicyclic) bond motifs is 1. The first-order valence-corrected chi connectivity index (χ1v) is 8.92. The van der Waals surface area contributed by atoms with Gasteiger partial charge in [0.15, 0.2) is 11.6 Å². The van der Waals surface area contributed by atoms with Crippen molar-refractivity contribution in [3.05, 3.63) is 78.9 Å². The highest BCUT2D eigenvalue weighted by atomic mass is 19.1. The minimum atomic E-state index is -0.719. The summed E-state index contributed by atoms with van der Waals surface area (Å²) in [6.07, 6.45) is 5.23. The van der Waals surface area contributed by atoms with Gasteiger partial charge >= 0.3 is 0 Å². The number of halogens is 2. The maximum absolute atomic E-state index is 14.6. The predicted molar refractivity (Wildman–Crippen MR) is 110 cm³/mol. The van der Waals surface area contributed by atoms with Crippen LogP contribution in [-0.4, -0.2) is 25.4 Å². The number of anilines is 3. The predicted octanol–water partition coefficient (Wildman–Crippen LogP) is 4.27. The Kier molecular flexibility index (Phi) is 4.93. The SMILES string of the molecule is C=CC(=O)Nc1ccc2c(c1)c(C)cn2-c1nc(Nc2cccnc2F)ncc1F. The van der Waals surface area contributed by atoms with Crippen LogP contribution in [0.4, 0.5) is 26.1 Å². The quantitative estimate of drug-likeness (QED) is 0.382. The number of hydrogen-bond acceptors (Lipinski definition) is 5. The summed E-state index contributed by atoms with van der Waals surface area (Å²) in [4.78, 5) is 23.2. The van der Waals surface area contributed by atoms with E-state index in [-0.39, 0.29) is 23.4 Å². The second-order valence-corrected chi connectivity index (χ2v) is 6.44. The summed E-state index contributed by atoms with van der Waals surface area (Å²) >= 11 is 0. The molecule has 0 bridgehead atoms. The maximum atomic E-state index is 14.6. The summed E-state index contributed by atoms with van der Waals surface area (Å²) in [6.45, 7) is 5.29. The highest BCUT2D eigenvalue weighted by molar-refractivity contribution is 6.00. The van der Waals surface area contributed by atoms with Crippen molar-refractivity contribution in [2.24, 2.45) is 0 Å². The normalized spacial score (nSPS) is 10.8. The molecule has 2 N–H and O–H groups in total. The van der Waals surface area contributed by atoms with Gasteiger partial charge in [0.1, 0.15) is 0 Å². The van der Waals surface area contributed by atoms with Gasteiger partial charge in [0, 0.05) is 23.5 Å². The molecule has 0 spiro atoms. The third-order valence-corrected chi connectivity index (χ3v) is 4.42. The lowest BCUT2D eigenvalue weighted by Crippen LogP contribution is -2.07. The van der Waals surface area contributed by atoms with E-state index in [0.29, 0.717) is 11.2 Å². The molecule has 150 valence electrons. The van der Waals surface area contributed by atoms with Gasteiger partial charge in [0.2, 0.25) is 17.8 Å². The smallest absolute Gasteiger partial charge is 0.247 e. The Morgan fingerprint density at radius 1 is 1.23 bits per heavy atom. The van der Waals surface area contributed by atoms with Crippen molar-refractivity contribution in [2.45, 2.75) is 6.92 Å². The fourth-order valence-corrected chi connectivity index (χ4v) is 3.03. The molecule has 0 atom stereocenters. The van der Waals surface area contributed by atoms with Crippen LogP contribution in [0.2, 0.25) is 0 Å². The van der Waals surface area contributed by atoms with Crippen LogP contribution in [0.5, 0.6) is 0 Å². The largest absolute Gasteiger partial charge is 0.323 e. The molecule has 0 unspecified atom stereocenters. The van der Waals surface area contributed by atoms with Crippen LogP contribution < -0.4 is 10.6 Å². The highest BCUT2D eigenvalue weighted by Gasteiger charge is 2.15. The van der Waals surface area contributed by atoms with Gasteiger partial charge < -0.3 is 10.6 Å². The zero-order chi connectivity index (χ0) is 21.3. The zero-order valence-corrected chi connectivity index (χ0v) is 15.9. The van der Waals surface area contributed by atoms with E-state index in [1.807, 2.05) is 6.92 Å². The third kappa shape index (κ3) is 3.60. The molecule has 3 heterocycles. The molecule has 3 aromatic heterocycles. The van der Waals surface area contributed by atoms with Crippen LogP contribution in [-0.2, 0) is 4.79 Å². The number of amides is 1. The number of nitrogens with one attached hydrogen (secondary N) is 2. The minimum Gasteiger partial charge on any atom is -0.323 e. The van der Waals surface area contributed by atoms with E-state index in [9.17, 15) is 13.6 Å². The summed E-state index contributed by atoms with van der Waals surface area (Å²) in [5.41, 5.74) is 2.20. The molecule has 0 radical (unpaired) electrons. The van der Waals surface area contributed by atoms with Gasteiger partial charge in [-0.05, 0) is 48.9 Å². The molecule has 1 aromatic carbocycles. The Morgan fingerprint density at radius 3 is 2.83 bits per heavy atom. The summed E-state index contributed by atoms with van der Waals surface area (Å²) in [7, 11) is 0. The van der Waals surface area contributed by atoms with Crippen molar-refractivity contribution in [1.82, 2.24) is 19.5 Å². The Labute approximate surface area is 170 Å². The second-order valence-electron chi connectivity index (χ2n) is 6.44. The fourth-order valence-electron chi connectivity index (χ4n) is 3.03.